The van der Waals surface area contributed by atoms with Crippen molar-refractivity contribution in [3.63, 3.8) is 0 Å². The third kappa shape index (κ3) is 4.49. The molecule has 6 heteroatoms. The van der Waals surface area contributed by atoms with Crippen LogP contribution < -0.4 is 5.73 Å². The summed E-state index contributed by atoms with van der Waals surface area (Å²) in [6.45, 7) is 8.21. The van der Waals surface area contributed by atoms with Crippen LogP contribution in [0.5, 0.6) is 0 Å². The second-order valence-electron chi connectivity index (χ2n) is 9.02. The Morgan fingerprint density at radius 3 is 2.65 bits per heavy atom. The molecule has 1 saturated heterocycles. The van der Waals surface area contributed by atoms with Gasteiger partial charge in [0.2, 0.25) is 0 Å². The molecule has 0 radical (unpaired) electrons. The number of nitrogens with two attached hydrogens (primary N) is 1. The number of nitrogens with zero attached hydrogens (tertiary/aromatic N) is 4. The molecule has 0 saturated carbocycles. The van der Waals surface area contributed by atoms with E-state index in [1.54, 1.807) is 6.07 Å². The Kier molecular flexibility index (Phi) is 6.10. The molecule has 1 aromatic carbocycles. The highest BCUT2D eigenvalue weighted by Crippen LogP contribution is 2.31. The number of likely N-dealkylation sites (tertiary alicyclic amines) is 1. The van der Waals surface area contributed by atoms with Crippen LogP contribution >= 0.6 is 0 Å². The molecule has 2 N–H and O–H groups in total. The van der Waals surface area contributed by atoms with E-state index in [4.69, 9.17) is 5.73 Å². The lowest BCUT2D eigenvalue weighted by Gasteiger charge is -2.28. The van der Waals surface area contributed by atoms with Gasteiger partial charge in [-0.05, 0) is 93.6 Å². The van der Waals surface area contributed by atoms with E-state index in [0.29, 0.717) is 18.3 Å². The predicted molar refractivity (Wildman–Crippen MR) is 124 cm³/mol. The minimum Gasteiger partial charge on any atom is -0.383 e. The van der Waals surface area contributed by atoms with Crippen molar-refractivity contribution in [3.05, 3.63) is 64.9 Å². The summed E-state index contributed by atoms with van der Waals surface area (Å²) in [5.74, 6) is 0.510. The highest BCUT2D eigenvalue weighted by molar-refractivity contribution is 5.64. The largest absolute Gasteiger partial charge is 0.383 e. The van der Waals surface area contributed by atoms with Gasteiger partial charge in [0.1, 0.15) is 11.6 Å². The summed E-state index contributed by atoms with van der Waals surface area (Å²) in [6.07, 6.45) is 8.80. The van der Waals surface area contributed by atoms with Gasteiger partial charge in [-0.25, -0.2) is 9.37 Å². The number of aryl methyl sites for hydroxylation is 1. The molecule has 0 spiro atoms. The zero-order chi connectivity index (χ0) is 22.1. The smallest absolute Gasteiger partial charge is 0.126 e. The molecule has 0 aliphatic carbocycles. The molecule has 164 valence electrons. The summed E-state index contributed by atoms with van der Waals surface area (Å²) in [6, 6.07) is 5.95. The van der Waals surface area contributed by atoms with Gasteiger partial charge in [-0.1, -0.05) is 13.0 Å². The third-order valence-corrected chi connectivity index (χ3v) is 6.68. The van der Waals surface area contributed by atoms with E-state index in [9.17, 15) is 4.39 Å². The van der Waals surface area contributed by atoms with Crippen molar-refractivity contribution in [2.75, 3.05) is 25.9 Å². The number of hydrogen-bond donors (Lipinski definition) is 1. The number of aromatic nitrogens is 3. The van der Waals surface area contributed by atoms with Gasteiger partial charge in [0.25, 0.3) is 0 Å². The Morgan fingerprint density at radius 1 is 1.16 bits per heavy atom. The van der Waals surface area contributed by atoms with Gasteiger partial charge < -0.3 is 10.6 Å². The molecular formula is C25H32FN5. The monoisotopic (exact) mass is 421 g/mol. The first-order valence-corrected chi connectivity index (χ1v) is 11.1. The van der Waals surface area contributed by atoms with E-state index in [2.05, 4.69) is 45.9 Å². The average molecular weight is 422 g/mol. The van der Waals surface area contributed by atoms with Crippen molar-refractivity contribution in [3.8, 4) is 11.1 Å². The third-order valence-electron chi connectivity index (χ3n) is 6.68. The fourth-order valence-electron chi connectivity index (χ4n) is 4.82. The minimum atomic E-state index is -0.159. The van der Waals surface area contributed by atoms with Crippen LogP contribution in [0.25, 0.3) is 11.1 Å². The van der Waals surface area contributed by atoms with Crippen LogP contribution in [0.2, 0.25) is 0 Å². The maximum absolute atomic E-state index is 14.2. The summed E-state index contributed by atoms with van der Waals surface area (Å²) in [5.41, 5.74) is 12.2. The van der Waals surface area contributed by atoms with Gasteiger partial charge in [0.05, 0.1) is 12.2 Å². The first-order valence-electron chi connectivity index (χ1n) is 11.1. The molecular weight excluding hydrogens is 389 g/mol. The summed E-state index contributed by atoms with van der Waals surface area (Å²) in [5, 5.41) is 4.63. The zero-order valence-corrected chi connectivity index (χ0v) is 18.9. The Hall–Kier alpha value is -2.73. The van der Waals surface area contributed by atoms with Gasteiger partial charge in [-0.2, -0.15) is 5.10 Å². The van der Waals surface area contributed by atoms with E-state index in [0.717, 1.165) is 59.3 Å². The molecule has 5 nitrogen and oxygen atoms in total. The van der Waals surface area contributed by atoms with E-state index < -0.39 is 0 Å². The summed E-state index contributed by atoms with van der Waals surface area (Å²) in [4.78, 5) is 6.82. The van der Waals surface area contributed by atoms with Gasteiger partial charge in [-0.15, -0.1) is 0 Å². The van der Waals surface area contributed by atoms with E-state index in [1.165, 1.54) is 0 Å². The molecule has 3 aromatic rings. The fourth-order valence-corrected chi connectivity index (χ4v) is 4.82. The Bertz CT molecular complexity index is 1070. The van der Waals surface area contributed by atoms with Gasteiger partial charge in [0.15, 0.2) is 0 Å². The first-order chi connectivity index (χ1) is 14.8. The lowest BCUT2D eigenvalue weighted by atomic mass is 9.87. The number of pyridine rings is 1. The number of hydrogen-bond acceptors (Lipinski definition) is 4. The fraction of sp³-hybridized carbons (Fsp3) is 0.440. The van der Waals surface area contributed by atoms with E-state index in [-0.39, 0.29) is 11.7 Å². The number of rotatable bonds is 5. The first kappa shape index (κ1) is 21.5. The SMILES string of the molecule is Cc1ccc(F)c(C)c1[C@@H](C)Cc1cc(-c2cnn(C3CCN(C)CC3)c2)cnc1N. The average Bonchev–Trinajstić information content (AvgIpc) is 3.23. The predicted octanol–water partition coefficient (Wildman–Crippen LogP) is 4.90. The van der Waals surface area contributed by atoms with Crippen molar-refractivity contribution in [2.45, 2.75) is 52.0 Å². The van der Waals surface area contributed by atoms with Crippen LogP contribution in [-0.2, 0) is 6.42 Å². The molecule has 2 aromatic heterocycles. The van der Waals surface area contributed by atoms with Crippen molar-refractivity contribution in [1.29, 1.82) is 0 Å². The lowest BCUT2D eigenvalue weighted by Crippen LogP contribution is -2.31. The molecule has 3 heterocycles. The molecule has 1 aliphatic rings. The molecule has 4 rings (SSSR count). The lowest BCUT2D eigenvalue weighted by molar-refractivity contribution is 0.212. The Morgan fingerprint density at radius 2 is 1.90 bits per heavy atom. The van der Waals surface area contributed by atoms with Crippen molar-refractivity contribution in [2.24, 2.45) is 0 Å². The molecule has 1 fully saturated rings. The van der Waals surface area contributed by atoms with Gasteiger partial charge in [0, 0.05) is 23.5 Å². The number of anilines is 1. The van der Waals surface area contributed by atoms with Crippen molar-refractivity contribution in [1.82, 2.24) is 19.7 Å². The number of nitrogen functional groups attached to an aromatic ring is 1. The summed E-state index contributed by atoms with van der Waals surface area (Å²) < 4.78 is 16.2. The minimum absolute atomic E-state index is 0.136. The van der Waals surface area contributed by atoms with E-state index >= 15 is 0 Å². The molecule has 0 amide bonds. The van der Waals surface area contributed by atoms with Crippen LogP contribution in [0.4, 0.5) is 10.2 Å². The quantitative estimate of drug-likeness (QED) is 0.637. The van der Waals surface area contributed by atoms with Crippen LogP contribution in [0.15, 0.2) is 36.8 Å². The van der Waals surface area contributed by atoms with Crippen molar-refractivity contribution >= 4 is 5.82 Å². The van der Waals surface area contributed by atoms with Gasteiger partial charge >= 0.3 is 0 Å². The molecule has 0 unspecified atom stereocenters. The molecule has 1 aliphatic heterocycles. The second-order valence-corrected chi connectivity index (χ2v) is 9.02. The highest BCUT2D eigenvalue weighted by atomic mass is 19.1. The number of piperidine rings is 1. The zero-order valence-electron chi connectivity index (χ0n) is 18.9. The van der Waals surface area contributed by atoms with Crippen LogP contribution in [0.3, 0.4) is 0 Å². The highest BCUT2D eigenvalue weighted by Gasteiger charge is 2.20. The molecule has 1 atom stereocenters. The molecule has 31 heavy (non-hydrogen) atoms. The van der Waals surface area contributed by atoms with Crippen LogP contribution in [0.1, 0.15) is 54.0 Å². The summed E-state index contributed by atoms with van der Waals surface area (Å²) >= 11 is 0. The molecule has 0 bridgehead atoms. The summed E-state index contributed by atoms with van der Waals surface area (Å²) in [7, 11) is 2.17. The number of benzene rings is 1. The van der Waals surface area contributed by atoms with Crippen LogP contribution in [-0.4, -0.2) is 39.8 Å². The van der Waals surface area contributed by atoms with Gasteiger partial charge in [-0.3, -0.25) is 4.68 Å². The topological polar surface area (TPSA) is 60.0 Å². The van der Waals surface area contributed by atoms with Crippen molar-refractivity contribution < 1.29 is 4.39 Å². The maximum atomic E-state index is 14.2. The Balaban J connectivity index is 1.56. The standard InChI is InChI=1S/C25H32FN5/c1-16-5-6-23(26)18(3)24(16)17(2)11-19-12-20(13-28-25(19)27)21-14-29-31(15-21)22-7-9-30(4)10-8-22/h5-6,12-15,17,22H,7-11H2,1-4H3,(H2,27,28)/t17-/m0/s1. The Labute approximate surface area is 184 Å². The van der Waals surface area contributed by atoms with E-state index in [1.807, 2.05) is 32.3 Å². The maximum Gasteiger partial charge on any atom is 0.126 e. The van der Waals surface area contributed by atoms with Crippen LogP contribution in [0, 0.1) is 19.7 Å². The normalized spacial score (nSPS) is 16.5. The second kappa shape index (κ2) is 8.79. The number of halogens is 1.